The number of anilines is 2. The van der Waals surface area contributed by atoms with E-state index >= 15 is 0 Å². The van der Waals surface area contributed by atoms with Gasteiger partial charge in [0.1, 0.15) is 17.0 Å². The van der Waals surface area contributed by atoms with Gasteiger partial charge in [0.2, 0.25) is 11.8 Å². The second-order valence-electron chi connectivity index (χ2n) is 13.6. The molecule has 2 saturated heterocycles. The van der Waals surface area contributed by atoms with Crippen LogP contribution in [0.4, 0.5) is 29.9 Å². The Labute approximate surface area is 266 Å². The van der Waals surface area contributed by atoms with Gasteiger partial charge < -0.3 is 34.2 Å². The van der Waals surface area contributed by atoms with Crippen molar-refractivity contribution in [3.63, 3.8) is 0 Å². The number of carbonyl (C=O) groups is 1. The Bertz CT molecular complexity index is 1430. The van der Waals surface area contributed by atoms with Crippen molar-refractivity contribution in [2.24, 2.45) is 11.8 Å². The molecule has 1 amide bonds. The summed E-state index contributed by atoms with van der Waals surface area (Å²) in [5.41, 5.74) is -1.96. The lowest BCUT2D eigenvalue weighted by Gasteiger charge is -2.33. The predicted molar refractivity (Wildman–Crippen MR) is 163 cm³/mol. The monoisotopic (exact) mass is 649 g/mol. The van der Waals surface area contributed by atoms with Crippen molar-refractivity contribution in [3.05, 3.63) is 41.8 Å². The van der Waals surface area contributed by atoms with Crippen LogP contribution in [-0.4, -0.2) is 87.6 Å². The number of carbonyl (C=O) groups excluding carboxylic acids is 1. The molecule has 1 aliphatic carbocycles. The minimum Gasteiger partial charge on any atom is -0.487 e. The molecule has 2 aliphatic heterocycles. The van der Waals surface area contributed by atoms with Crippen LogP contribution in [0, 0.1) is 11.8 Å². The van der Waals surface area contributed by atoms with Gasteiger partial charge in [-0.3, -0.25) is 0 Å². The van der Waals surface area contributed by atoms with E-state index in [1.807, 2.05) is 11.8 Å². The number of alkyl halides is 2. The Kier molecular flexibility index (Phi) is 9.52. The SMILES string of the molecule is C[C@H](Oc1cnc(N2C[C@H](NC(=O)OC(C)(C)C)[C@@H](C3=CC(F)C(F)C=C3F)C2)nc1)C1CCN(c2nc(C(C)(C)O)no2)CC1. The number of halogens is 3. The number of nitrogens with zero attached hydrogens (tertiary/aromatic N) is 6. The largest absolute Gasteiger partial charge is 0.487 e. The Morgan fingerprint density at radius 1 is 1.07 bits per heavy atom. The van der Waals surface area contributed by atoms with Crippen LogP contribution in [0.5, 0.6) is 5.75 Å². The van der Waals surface area contributed by atoms with Crippen LogP contribution in [-0.2, 0) is 10.3 Å². The highest BCUT2D eigenvalue weighted by Crippen LogP contribution is 2.36. The fourth-order valence-electron chi connectivity index (χ4n) is 5.86. The lowest BCUT2D eigenvalue weighted by atomic mass is 9.88. The minimum absolute atomic E-state index is 0.0125. The van der Waals surface area contributed by atoms with Crippen LogP contribution < -0.4 is 19.9 Å². The summed E-state index contributed by atoms with van der Waals surface area (Å²) < 4.78 is 59.8. The summed E-state index contributed by atoms with van der Waals surface area (Å²) in [7, 11) is 0. The lowest BCUT2D eigenvalue weighted by molar-refractivity contribution is 0.0500. The average Bonchev–Trinajstić information content (AvgIpc) is 3.63. The predicted octanol–water partition coefficient (Wildman–Crippen LogP) is 4.57. The minimum atomic E-state index is -2.07. The number of ether oxygens (including phenoxy) is 2. The van der Waals surface area contributed by atoms with E-state index < -0.39 is 47.4 Å². The quantitative estimate of drug-likeness (QED) is 0.416. The summed E-state index contributed by atoms with van der Waals surface area (Å²) >= 11 is 0. The number of hydrogen-bond donors (Lipinski definition) is 2. The molecule has 2 fully saturated rings. The molecule has 0 saturated carbocycles. The van der Waals surface area contributed by atoms with Gasteiger partial charge in [-0.2, -0.15) is 4.98 Å². The van der Waals surface area contributed by atoms with Crippen LogP contribution in [0.15, 0.2) is 40.5 Å². The average molecular weight is 650 g/mol. The van der Waals surface area contributed by atoms with Crippen LogP contribution in [0.3, 0.4) is 0 Å². The highest BCUT2D eigenvalue weighted by molar-refractivity contribution is 5.68. The summed E-state index contributed by atoms with van der Waals surface area (Å²) in [5.74, 6) is -0.275. The Morgan fingerprint density at radius 3 is 2.33 bits per heavy atom. The van der Waals surface area contributed by atoms with E-state index in [1.165, 1.54) is 0 Å². The molecule has 4 heterocycles. The molecule has 2 aromatic heterocycles. The van der Waals surface area contributed by atoms with E-state index in [0.29, 0.717) is 36.9 Å². The maximum absolute atomic E-state index is 14.9. The molecule has 2 N–H and O–H groups in total. The molecule has 0 radical (unpaired) electrons. The number of rotatable bonds is 8. The van der Waals surface area contributed by atoms with Gasteiger partial charge in [0.05, 0.1) is 24.5 Å². The van der Waals surface area contributed by atoms with Gasteiger partial charge in [-0.25, -0.2) is 27.9 Å². The molecule has 5 rings (SSSR count). The maximum atomic E-state index is 14.9. The van der Waals surface area contributed by atoms with E-state index in [2.05, 4.69) is 25.4 Å². The second kappa shape index (κ2) is 13.1. The smallest absolute Gasteiger partial charge is 0.407 e. The second-order valence-corrected chi connectivity index (χ2v) is 13.6. The highest BCUT2D eigenvalue weighted by atomic mass is 19.2. The first-order valence-corrected chi connectivity index (χ1v) is 15.5. The molecule has 252 valence electrons. The van der Waals surface area contributed by atoms with Crippen molar-refractivity contribution >= 4 is 18.1 Å². The van der Waals surface area contributed by atoms with E-state index in [1.54, 1.807) is 51.9 Å². The summed E-state index contributed by atoms with van der Waals surface area (Å²) in [6, 6.07) is -0.293. The molecule has 2 aromatic rings. The molecular weight excluding hydrogens is 607 g/mol. The lowest BCUT2D eigenvalue weighted by Crippen LogP contribution is -2.44. The topological polar surface area (TPSA) is 139 Å². The van der Waals surface area contributed by atoms with E-state index in [9.17, 15) is 23.1 Å². The maximum Gasteiger partial charge on any atom is 0.407 e. The van der Waals surface area contributed by atoms with Crippen molar-refractivity contribution in [2.45, 2.75) is 90.1 Å². The Morgan fingerprint density at radius 2 is 1.72 bits per heavy atom. The summed E-state index contributed by atoms with van der Waals surface area (Å²) in [6.07, 6.45) is 1.43. The molecular formula is C31H42F3N7O5. The van der Waals surface area contributed by atoms with Crippen LogP contribution in [0.1, 0.15) is 60.2 Å². The number of aliphatic hydroxyl groups is 1. The number of allylic oxidation sites excluding steroid dienone is 3. The third kappa shape index (κ3) is 7.91. The van der Waals surface area contributed by atoms with Crippen molar-refractivity contribution in [1.29, 1.82) is 0 Å². The number of amides is 1. The fourth-order valence-corrected chi connectivity index (χ4v) is 5.86. The number of aromatic nitrogens is 4. The zero-order chi connectivity index (χ0) is 33.4. The molecule has 3 aliphatic rings. The van der Waals surface area contributed by atoms with Gasteiger partial charge in [-0.05, 0) is 78.0 Å². The first-order valence-electron chi connectivity index (χ1n) is 15.5. The van der Waals surface area contributed by atoms with Gasteiger partial charge in [-0.1, -0.05) is 5.16 Å². The molecule has 2 unspecified atom stereocenters. The highest BCUT2D eigenvalue weighted by Gasteiger charge is 2.41. The Balaban J connectivity index is 1.20. The van der Waals surface area contributed by atoms with Crippen LogP contribution >= 0.6 is 0 Å². The van der Waals surface area contributed by atoms with E-state index in [4.69, 9.17) is 14.0 Å². The Hall–Kier alpha value is -3.88. The first-order chi connectivity index (χ1) is 21.6. The van der Waals surface area contributed by atoms with Gasteiger partial charge in [-0.15, -0.1) is 0 Å². The van der Waals surface area contributed by atoms with Crippen molar-refractivity contribution in [2.75, 3.05) is 36.0 Å². The molecule has 0 bridgehead atoms. The van der Waals surface area contributed by atoms with E-state index in [-0.39, 0.29) is 36.5 Å². The molecule has 46 heavy (non-hydrogen) atoms. The molecule has 0 aromatic carbocycles. The first kappa shape index (κ1) is 33.5. The van der Waals surface area contributed by atoms with Crippen molar-refractivity contribution < 1.29 is 37.1 Å². The number of alkyl carbamates (subject to hydrolysis) is 1. The fraction of sp³-hybridized carbons (Fsp3) is 0.645. The number of hydrogen-bond acceptors (Lipinski definition) is 11. The third-order valence-corrected chi connectivity index (χ3v) is 8.30. The standard InChI is InChI=1S/C31H42F3N7O5/c1-17(18-7-9-40(10-8-18)28-38-26(39-46-28)31(5,6)43)44-19-13-35-27(36-14-19)41-15-21(20-11-23(33)24(34)12-22(20)32)25(16-41)37-29(42)45-30(2,3)4/h11-14,17-18,21,23-25,43H,7-10,15-16H2,1-6H3,(H,37,42)/t17-,21+,23?,24?,25-/m0/s1. The van der Waals surface area contributed by atoms with Crippen molar-refractivity contribution in [1.82, 2.24) is 25.4 Å². The molecule has 15 heteroatoms. The zero-order valence-corrected chi connectivity index (χ0v) is 26.9. The number of nitrogens with one attached hydrogen (secondary N) is 1. The molecule has 12 nitrogen and oxygen atoms in total. The summed E-state index contributed by atoms with van der Waals surface area (Å²) in [6.45, 7) is 12.1. The summed E-state index contributed by atoms with van der Waals surface area (Å²) in [4.78, 5) is 29.6. The zero-order valence-electron chi connectivity index (χ0n) is 26.9. The molecule has 5 atom stereocenters. The van der Waals surface area contributed by atoms with Gasteiger partial charge >= 0.3 is 12.1 Å². The summed E-state index contributed by atoms with van der Waals surface area (Å²) in [5, 5.41) is 16.8. The van der Waals surface area contributed by atoms with Gasteiger partial charge in [0, 0.05) is 32.1 Å². The van der Waals surface area contributed by atoms with Crippen LogP contribution in [0.2, 0.25) is 0 Å². The van der Waals surface area contributed by atoms with E-state index in [0.717, 1.165) is 18.9 Å². The van der Waals surface area contributed by atoms with Gasteiger partial charge in [0.15, 0.2) is 18.1 Å². The molecule has 0 spiro atoms. The third-order valence-electron chi connectivity index (χ3n) is 8.30. The van der Waals surface area contributed by atoms with Crippen molar-refractivity contribution in [3.8, 4) is 5.75 Å². The normalized spacial score (nSPS) is 25.2. The van der Waals surface area contributed by atoms with Gasteiger partial charge in [0.25, 0.3) is 0 Å². The van der Waals surface area contributed by atoms with Crippen LogP contribution in [0.25, 0.3) is 0 Å². The number of piperidine rings is 1.